The fraction of sp³-hybridized carbons (Fsp3) is 0.310. The van der Waals surface area contributed by atoms with Crippen molar-refractivity contribution in [3.8, 4) is 11.3 Å². The molecule has 0 spiro atoms. The Bertz CT molecular complexity index is 1690. The van der Waals surface area contributed by atoms with Crippen molar-refractivity contribution < 1.29 is 22.8 Å². The predicted octanol–water partition coefficient (Wildman–Crippen LogP) is 4.35. The molecule has 1 saturated heterocycles. The topological polar surface area (TPSA) is 107 Å². The number of urea groups is 1. The molecule has 1 aromatic carbocycles. The molecule has 2 amide bonds. The molecule has 4 aromatic rings. The average molecular weight is 577 g/mol. The molecule has 2 aliphatic rings. The summed E-state index contributed by atoms with van der Waals surface area (Å²) in [6.45, 7) is 3.73. The van der Waals surface area contributed by atoms with Gasteiger partial charge in [0.1, 0.15) is 17.1 Å². The Morgan fingerprint density at radius 2 is 1.76 bits per heavy atom. The Morgan fingerprint density at radius 3 is 2.45 bits per heavy atom. The molecule has 1 fully saturated rings. The zero-order valence-corrected chi connectivity index (χ0v) is 22.9. The summed E-state index contributed by atoms with van der Waals surface area (Å²) in [5.74, 6) is 0.323. The molecule has 0 radical (unpaired) electrons. The van der Waals surface area contributed by atoms with E-state index in [1.807, 2.05) is 0 Å². The minimum Gasteiger partial charge on any atom is -0.368 e. The van der Waals surface area contributed by atoms with Crippen LogP contribution < -0.4 is 15.1 Å². The van der Waals surface area contributed by atoms with Crippen LogP contribution in [-0.4, -0.2) is 69.9 Å². The van der Waals surface area contributed by atoms with Gasteiger partial charge < -0.3 is 15.1 Å². The number of pyridine rings is 2. The van der Waals surface area contributed by atoms with Gasteiger partial charge in [-0.25, -0.2) is 19.7 Å². The van der Waals surface area contributed by atoms with Gasteiger partial charge >= 0.3 is 12.2 Å². The van der Waals surface area contributed by atoms with Gasteiger partial charge in [0.25, 0.3) is 0 Å². The molecule has 10 nitrogen and oxygen atoms in total. The fourth-order valence-corrected chi connectivity index (χ4v) is 5.32. The van der Waals surface area contributed by atoms with Gasteiger partial charge in [0, 0.05) is 68.6 Å². The number of hydrogen-bond donors (Lipinski definition) is 1. The van der Waals surface area contributed by atoms with E-state index in [4.69, 9.17) is 4.98 Å². The van der Waals surface area contributed by atoms with Crippen LogP contribution in [0.15, 0.2) is 48.9 Å². The van der Waals surface area contributed by atoms with Gasteiger partial charge in [-0.2, -0.15) is 13.2 Å². The Kier molecular flexibility index (Phi) is 6.97. The summed E-state index contributed by atoms with van der Waals surface area (Å²) in [4.78, 5) is 47.3. The molecule has 5 heterocycles. The highest BCUT2D eigenvalue weighted by Crippen LogP contribution is 2.43. The van der Waals surface area contributed by atoms with Crippen molar-refractivity contribution >= 4 is 39.9 Å². The number of nitrogens with zero attached hydrogens (tertiary/aromatic N) is 7. The van der Waals surface area contributed by atoms with Crippen molar-refractivity contribution in [3.63, 3.8) is 0 Å². The maximum absolute atomic E-state index is 14.4. The van der Waals surface area contributed by atoms with Crippen molar-refractivity contribution in [2.45, 2.75) is 26.1 Å². The van der Waals surface area contributed by atoms with Crippen LogP contribution >= 0.6 is 0 Å². The molecular formula is C29H27F3N8O2. The summed E-state index contributed by atoms with van der Waals surface area (Å²) >= 11 is 0. The summed E-state index contributed by atoms with van der Waals surface area (Å²) in [5.41, 5.74) is 2.27. The van der Waals surface area contributed by atoms with Crippen molar-refractivity contribution in [1.29, 1.82) is 0 Å². The number of Topliss-reactive ketones (excluding diaryl/α,β-unsaturated/α-hetero) is 1. The third kappa shape index (κ3) is 5.11. The first kappa shape index (κ1) is 27.5. The highest BCUT2D eigenvalue weighted by molar-refractivity contribution is 6.08. The summed E-state index contributed by atoms with van der Waals surface area (Å²) < 4.78 is 43.2. The SMILES string of the molecule is CC(=O)Cc1ncc(-c2ccc3ncc4c(c3n2)N(c2ccc(N3CCNCC3)c(C(F)(F)F)c2)C(=O)N(C)C4)cn1. The molecule has 42 heavy (non-hydrogen) atoms. The molecule has 0 saturated carbocycles. The van der Waals surface area contributed by atoms with E-state index in [-0.39, 0.29) is 30.1 Å². The third-order valence-corrected chi connectivity index (χ3v) is 7.32. The molecule has 216 valence electrons. The second-order valence-electron chi connectivity index (χ2n) is 10.4. The number of piperazine rings is 1. The quantitative estimate of drug-likeness (QED) is 0.374. The Balaban J connectivity index is 1.49. The first-order chi connectivity index (χ1) is 20.1. The van der Waals surface area contributed by atoms with Gasteiger partial charge in [-0.15, -0.1) is 0 Å². The van der Waals surface area contributed by atoms with Crippen molar-refractivity contribution in [3.05, 3.63) is 65.9 Å². The lowest BCUT2D eigenvalue weighted by Crippen LogP contribution is -2.44. The molecule has 1 N–H and O–H groups in total. The third-order valence-electron chi connectivity index (χ3n) is 7.32. The second-order valence-corrected chi connectivity index (χ2v) is 10.4. The minimum absolute atomic E-state index is 0.0614. The van der Waals surface area contributed by atoms with Crippen LogP contribution in [0.2, 0.25) is 0 Å². The maximum Gasteiger partial charge on any atom is 0.418 e. The first-order valence-corrected chi connectivity index (χ1v) is 13.4. The molecule has 0 atom stereocenters. The summed E-state index contributed by atoms with van der Waals surface area (Å²) in [7, 11) is 1.59. The van der Waals surface area contributed by atoms with E-state index in [1.54, 1.807) is 48.7 Å². The number of halogens is 3. The molecule has 3 aromatic heterocycles. The number of fused-ring (bicyclic) bond motifs is 3. The minimum atomic E-state index is -4.63. The van der Waals surface area contributed by atoms with Gasteiger partial charge in [-0.05, 0) is 37.3 Å². The van der Waals surface area contributed by atoms with E-state index in [0.717, 1.165) is 6.07 Å². The van der Waals surface area contributed by atoms with E-state index in [9.17, 15) is 22.8 Å². The van der Waals surface area contributed by atoms with Crippen molar-refractivity contribution in [2.75, 3.05) is 43.0 Å². The molecule has 0 aliphatic carbocycles. The number of rotatable bonds is 5. The second kappa shape index (κ2) is 10.6. The number of ketones is 1. The highest BCUT2D eigenvalue weighted by Gasteiger charge is 2.38. The zero-order valence-electron chi connectivity index (χ0n) is 22.9. The van der Waals surface area contributed by atoms with Gasteiger partial charge in [-0.1, -0.05) is 0 Å². The monoisotopic (exact) mass is 576 g/mol. The lowest BCUT2D eigenvalue weighted by atomic mass is 10.0. The first-order valence-electron chi connectivity index (χ1n) is 13.4. The van der Waals surface area contributed by atoms with Crippen molar-refractivity contribution in [2.24, 2.45) is 0 Å². The van der Waals surface area contributed by atoms with Crippen molar-refractivity contribution in [1.82, 2.24) is 30.2 Å². The number of nitrogens with one attached hydrogen (secondary N) is 1. The molecule has 0 bridgehead atoms. The van der Waals surface area contributed by atoms with Gasteiger partial charge in [-0.3, -0.25) is 14.7 Å². The largest absolute Gasteiger partial charge is 0.418 e. The van der Waals surface area contributed by atoms with Crippen LogP contribution in [0, 0.1) is 0 Å². The zero-order chi connectivity index (χ0) is 29.6. The molecular weight excluding hydrogens is 549 g/mol. The molecule has 0 unspecified atom stereocenters. The van der Waals surface area contributed by atoms with Crippen LogP contribution in [0.25, 0.3) is 22.3 Å². The summed E-state index contributed by atoms with van der Waals surface area (Å²) in [6.07, 6.45) is 0.214. The Labute approximate surface area is 239 Å². The van der Waals surface area contributed by atoms with Crippen LogP contribution in [0.3, 0.4) is 0 Å². The van der Waals surface area contributed by atoms with E-state index in [2.05, 4.69) is 20.3 Å². The number of alkyl halides is 3. The van der Waals surface area contributed by atoms with Gasteiger partial charge in [0.15, 0.2) is 0 Å². The standard InChI is InChI=1S/C29H27F3N8O2/c1-17(41)11-25-35-13-18(14-36-25)22-4-5-23-26(37-22)27-19(15-34-23)16-38(2)28(42)40(27)20-3-6-24(21(12-20)29(30,31)32)39-9-7-33-8-10-39/h3-6,12-15,33H,7-11,16H2,1-2H3. The lowest BCUT2D eigenvalue weighted by Gasteiger charge is -2.36. The van der Waals surface area contributed by atoms with Crippen LogP contribution in [0.5, 0.6) is 0 Å². The van der Waals surface area contributed by atoms with Crippen LogP contribution in [0.4, 0.5) is 35.0 Å². The number of aromatic nitrogens is 4. The predicted molar refractivity (Wildman–Crippen MR) is 150 cm³/mol. The van der Waals surface area contributed by atoms with Gasteiger partial charge in [0.05, 0.1) is 41.1 Å². The summed E-state index contributed by atoms with van der Waals surface area (Å²) in [6, 6.07) is 7.00. The van der Waals surface area contributed by atoms with Crippen LogP contribution in [-0.2, 0) is 23.9 Å². The normalized spacial score (nSPS) is 15.7. The van der Waals surface area contributed by atoms with Crippen LogP contribution in [0.1, 0.15) is 23.9 Å². The molecule has 2 aliphatic heterocycles. The van der Waals surface area contributed by atoms with E-state index in [1.165, 1.54) is 22.8 Å². The van der Waals surface area contributed by atoms with E-state index in [0.29, 0.717) is 65.5 Å². The number of hydrogen-bond acceptors (Lipinski definition) is 8. The van der Waals surface area contributed by atoms with Gasteiger partial charge in [0.2, 0.25) is 0 Å². The molecule has 13 heteroatoms. The number of carbonyl (C=O) groups is 2. The average Bonchev–Trinajstić information content (AvgIpc) is 2.97. The van der Waals surface area contributed by atoms with E-state index >= 15 is 0 Å². The fourth-order valence-electron chi connectivity index (χ4n) is 5.32. The van der Waals surface area contributed by atoms with E-state index < -0.39 is 17.8 Å². The number of anilines is 3. The highest BCUT2D eigenvalue weighted by atomic mass is 19.4. The summed E-state index contributed by atoms with van der Waals surface area (Å²) in [5, 5.41) is 3.16. The number of amides is 2. The maximum atomic E-state index is 14.4. The number of carbonyl (C=O) groups excluding carboxylic acids is 2. The lowest BCUT2D eigenvalue weighted by molar-refractivity contribution is -0.137. The smallest absolute Gasteiger partial charge is 0.368 e. The Hall–Kier alpha value is -4.65. The Morgan fingerprint density at radius 1 is 1.02 bits per heavy atom. The number of benzene rings is 1. The molecule has 6 rings (SSSR count).